The maximum absolute atomic E-state index is 5.43. The average Bonchev–Trinajstić information content (AvgIpc) is 2.53. The zero-order chi connectivity index (χ0) is 10.8. The Kier molecular flexibility index (Phi) is 2.88. The van der Waals surface area contributed by atoms with E-state index in [1.54, 1.807) is 0 Å². The molecule has 0 spiro atoms. The number of nitrogen functional groups attached to an aromatic ring is 1. The van der Waals surface area contributed by atoms with E-state index in [0.717, 1.165) is 26.1 Å². The van der Waals surface area contributed by atoms with Gasteiger partial charge in [-0.1, -0.05) is 5.16 Å². The Hall–Kier alpha value is -1.14. The lowest BCUT2D eigenvalue weighted by atomic mass is 10.2. The summed E-state index contributed by atoms with van der Waals surface area (Å²) in [5.41, 5.74) is 5.43. The average molecular weight is 211 g/mol. The highest BCUT2D eigenvalue weighted by Gasteiger charge is 2.25. The van der Waals surface area contributed by atoms with E-state index >= 15 is 0 Å². The van der Waals surface area contributed by atoms with Gasteiger partial charge in [-0.3, -0.25) is 4.90 Å². The second kappa shape index (κ2) is 4.16. The molecular weight excluding hydrogens is 194 g/mol. The summed E-state index contributed by atoms with van der Waals surface area (Å²) < 4.78 is 4.81. The Balaban J connectivity index is 2.17. The topological polar surface area (TPSA) is 71.4 Å². The van der Waals surface area contributed by atoms with Crippen molar-refractivity contribution in [2.45, 2.75) is 12.5 Å². The first-order chi connectivity index (χ1) is 7.16. The van der Waals surface area contributed by atoms with Gasteiger partial charge in [0.15, 0.2) is 5.82 Å². The molecule has 2 heterocycles. The van der Waals surface area contributed by atoms with E-state index in [4.69, 9.17) is 10.3 Å². The Labute approximate surface area is 89.0 Å². The molecule has 1 saturated heterocycles. The lowest BCUT2D eigenvalue weighted by Gasteiger charge is -2.24. The summed E-state index contributed by atoms with van der Waals surface area (Å²) in [7, 11) is 4.19. The van der Waals surface area contributed by atoms with Gasteiger partial charge in [-0.15, -0.1) is 0 Å². The molecule has 6 nitrogen and oxygen atoms in total. The molecule has 0 radical (unpaired) electrons. The predicted molar refractivity (Wildman–Crippen MR) is 56.2 cm³/mol. The number of anilines is 1. The van der Waals surface area contributed by atoms with Crippen LogP contribution in [0.25, 0.3) is 0 Å². The van der Waals surface area contributed by atoms with Crippen LogP contribution in [-0.4, -0.2) is 53.7 Å². The van der Waals surface area contributed by atoms with Gasteiger partial charge < -0.3 is 15.2 Å². The van der Waals surface area contributed by atoms with Gasteiger partial charge in [0.05, 0.1) is 6.04 Å². The fourth-order valence-corrected chi connectivity index (χ4v) is 1.93. The molecule has 2 rings (SSSR count). The van der Waals surface area contributed by atoms with Crippen LogP contribution in [0.4, 0.5) is 6.01 Å². The number of aromatic nitrogens is 2. The molecule has 1 fully saturated rings. The van der Waals surface area contributed by atoms with Crippen LogP contribution in [0.3, 0.4) is 0 Å². The van der Waals surface area contributed by atoms with Crippen LogP contribution in [-0.2, 0) is 0 Å². The zero-order valence-electron chi connectivity index (χ0n) is 9.18. The van der Waals surface area contributed by atoms with Gasteiger partial charge in [0, 0.05) is 6.54 Å². The van der Waals surface area contributed by atoms with Crippen LogP contribution >= 0.6 is 0 Å². The second-order valence-corrected chi connectivity index (χ2v) is 4.10. The molecule has 0 saturated carbocycles. The van der Waals surface area contributed by atoms with Crippen LogP contribution in [0.1, 0.15) is 18.3 Å². The van der Waals surface area contributed by atoms with Gasteiger partial charge in [0.2, 0.25) is 0 Å². The van der Waals surface area contributed by atoms with Gasteiger partial charge in [0.1, 0.15) is 0 Å². The molecule has 1 aliphatic heterocycles. The highest BCUT2D eigenvalue weighted by molar-refractivity contribution is 5.10. The van der Waals surface area contributed by atoms with Crippen molar-refractivity contribution < 1.29 is 4.52 Å². The third-order valence-electron chi connectivity index (χ3n) is 2.82. The summed E-state index contributed by atoms with van der Waals surface area (Å²) >= 11 is 0. The lowest BCUT2D eigenvalue weighted by Crippen LogP contribution is -2.31. The van der Waals surface area contributed by atoms with Crippen molar-refractivity contribution in [2.24, 2.45) is 0 Å². The first-order valence-corrected chi connectivity index (χ1v) is 5.14. The van der Waals surface area contributed by atoms with Gasteiger partial charge in [-0.2, -0.15) is 4.98 Å². The van der Waals surface area contributed by atoms with Gasteiger partial charge in [0.25, 0.3) is 0 Å². The van der Waals surface area contributed by atoms with Crippen molar-refractivity contribution in [3.63, 3.8) is 0 Å². The molecular formula is C9H17N5O. The standard InChI is InChI=1S/C9H17N5O/c1-13-4-3-5-14(2)7(6-13)8-11-9(10)15-12-8/h7H,3-6H2,1-2H3,(H2,10,11,12). The molecule has 0 aliphatic carbocycles. The number of rotatable bonds is 1. The fraction of sp³-hybridized carbons (Fsp3) is 0.778. The highest BCUT2D eigenvalue weighted by atomic mass is 16.5. The molecule has 2 N–H and O–H groups in total. The molecule has 84 valence electrons. The van der Waals surface area contributed by atoms with Crippen LogP contribution in [0.5, 0.6) is 0 Å². The van der Waals surface area contributed by atoms with E-state index in [2.05, 4.69) is 34.0 Å². The minimum absolute atomic E-state index is 0.144. The monoisotopic (exact) mass is 211 g/mol. The molecule has 6 heteroatoms. The van der Waals surface area contributed by atoms with Crippen LogP contribution in [0.15, 0.2) is 4.52 Å². The van der Waals surface area contributed by atoms with Crippen molar-refractivity contribution in [1.82, 2.24) is 19.9 Å². The third kappa shape index (κ3) is 2.27. The van der Waals surface area contributed by atoms with Gasteiger partial charge in [-0.25, -0.2) is 0 Å². The lowest BCUT2D eigenvalue weighted by molar-refractivity contribution is 0.215. The van der Waals surface area contributed by atoms with Crippen LogP contribution in [0.2, 0.25) is 0 Å². The summed E-state index contributed by atoms with van der Waals surface area (Å²) in [6, 6.07) is 0.323. The van der Waals surface area contributed by atoms with Crippen LogP contribution < -0.4 is 5.73 Å². The largest absolute Gasteiger partial charge is 0.351 e. The van der Waals surface area contributed by atoms with Crippen LogP contribution in [0, 0.1) is 0 Å². The number of nitrogens with zero attached hydrogens (tertiary/aromatic N) is 4. The molecule has 0 amide bonds. The minimum atomic E-state index is 0.144. The second-order valence-electron chi connectivity index (χ2n) is 4.10. The molecule has 1 aromatic heterocycles. The first kappa shape index (κ1) is 10.4. The van der Waals surface area contributed by atoms with E-state index in [1.807, 2.05) is 0 Å². The maximum Gasteiger partial charge on any atom is 0.318 e. The smallest absolute Gasteiger partial charge is 0.318 e. The maximum atomic E-state index is 5.43. The van der Waals surface area contributed by atoms with E-state index in [9.17, 15) is 0 Å². The molecule has 1 aliphatic rings. The van der Waals surface area contributed by atoms with Crippen molar-refractivity contribution in [1.29, 1.82) is 0 Å². The fourth-order valence-electron chi connectivity index (χ4n) is 1.93. The molecule has 0 aromatic carbocycles. The molecule has 1 unspecified atom stereocenters. The summed E-state index contributed by atoms with van der Waals surface area (Å²) in [4.78, 5) is 8.61. The van der Waals surface area contributed by atoms with Gasteiger partial charge in [-0.05, 0) is 33.6 Å². The number of hydrogen-bond acceptors (Lipinski definition) is 6. The van der Waals surface area contributed by atoms with Crippen molar-refractivity contribution in [2.75, 3.05) is 39.5 Å². The quantitative estimate of drug-likeness (QED) is 0.703. The highest BCUT2D eigenvalue weighted by Crippen LogP contribution is 2.20. The summed E-state index contributed by atoms with van der Waals surface area (Å²) in [5, 5.41) is 3.89. The normalized spacial score (nSPS) is 25.3. The third-order valence-corrected chi connectivity index (χ3v) is 2.82. The van der Waals surface area contributed by atoms with Crippen molar-refractivity contribution in [3.05, 3.63) is 5.82 Å². The molecule has 1 aromatic rings. The number of hydrogen-bond donors (Lipinski definition) is 1. The van der Waals surface area contributed by atoms with Crippen molar-refractivity contribution >= 4 is 6.01 Å². The molecule has 0 bridgehead atoms. The first-order valence-electron chi connectivity index (χ1n) is 5.14. The van der Waals surface area contributed by atoms with E-state index in [0.29, 0.717) is 5.82 Å². The van der Waals surface area contributed by atoms with Gasteiger partial charge >= 0.3 is 6.01 Å². The number of likely N-dealkylation sites (N-methyl/N-ethyl adjacent to an activating group) is 2. The predicted octanol–water partition coefficient (Wildman–Crippen LogP) is -0.0398. The van der Waals surface area contributed by atoms with E-state index in [-0.39, 0.29) is 12.1 Å². The minimum Gasteiger partial charge on any atom is -0.351 e. The Morgan fingerprint density at radius 3 is 2.87 bits per heavy atom. The molecule has 15 heavy (non-hydrogen) atoms. The Morgan fingerprint density at radius 2 is 2.20 bits per heavy atom. The number of nitrogens with two attached hydrogens (primary N) is 1. The van der Waals surface area contributed by atoms with Crippen molar-refractivity contribution in [3.8, 4) is 0 Å². The van der Waals surface area contributed by atoms with E-state index < -0.39 is 0 Å². The summed E-state index contributed by atoms with van der Waals surface area (Å²) in [5.74, 6) is 0.684. The van der Waals surface area contributed by atoms with E-state index in [1.165, 1.54) is 0 Å². The Morgan fingerprint density at radius 1 is 1.40 bits per heavy atom. The summed E-state index contributed by atoms with van der Waals surface area (Å²) in [6.07, 6.45) is 1.16. The molecule has 1 atom stereocenters. The Bertz CT molecular complexity index is 326. The summed E-state index contributed by atoms with van der Waals surface area (Å²) in [6.45, 7) is 3.06. The SMILES string of the molecule is CN1CCCN(C)C(c2noc(N)n2)C1. The zero-order valence-corrected chi connectivity index (χ0v) is 9.18.